The SMILES string of the molecule is CN1CC2CC(C1)C1=CC=CCN1C2. The van der Waals surface area contributed by atoms with E-state index in [4.69, 9.17) is 0 Å². The minimum Gasteiger partial charge on any atom is -0.370 e. The van der Waals surface area contributed by atoms with Gasteiger partial charge >= 0.3 is 0 Å². The molecule has 0 spiro atoms. The van der Waals surface area contributed by atoms with Crippen LogP contribution < -0.4 is 0 Å². The maximum Gasteiger partial charge on any atom is 0.0359 e. The molecule has 3 heterocycles. The molecule has 0 amide bonds. The molecular weight excluding hydrogens is 172 g/mol. The van der Waals surface area contributed by atoms with Crippen LogP contribution in [0.1, 0.15) is 6.42 Å². The summed E-state index contributed by atoms with van der Waals surface area (Å²) in [5, 5.41) is 0. The second-order valence-corrected chi connectivity index (χ2v) is 4.94. The number of hydrogen-bond donors (Lipinski definition) is 0. The Bertz CT molecular complexity index is 291. The van der Waals surface area contributed by atoms with Crippen molar-refractivity contribution in [3.05, 3.63) is 23.9 Å². The topological polar surface area (TPSA) is 6.48 Å². The van der Waals surface area contributed by atoms with E-state index in [-0.39, 0.29) is 0 Å². The Morgan fingerprint density at radius 3 is 3.14 bits per heavy atom. The van der Waals surface area contributed by atoms with Crippen LogP contribution in [0.2, 0.25) is 0 Å². The van der Waals surface area contributed by atoms with Crippen LogP contribution >= 0.6 is 0 Å². The van der Waals surface area contributed by atoms with Crippen molar-refractivity contribution in [1.82, 2.24) is 9.80 Å². The van der Waals surface area contributed by atoms with Gasteiger partial charge < -0.3 is 9.80 Å². The molecule has 0 N–H and O–H groups in total. The zero-order valence-electron chi connectivity index (χ0n) is 8.82. The molecule has 0 aromatic carbocycles. The highest BCUT2D eigenvalue weighted by Gasteiger charge is 2.35. The quantitative estimate of drug-likeness (QED) is 0.568. The van der Waals surface area contributed by atoms with Crippen molar-refractivity contribution in [1.29, 1.82) is 0 Å². The summed E-state index contributed by atoms with van der Waals surface area (Å²) in [4.78, 5) is 5.07. The number of piperidine rings is 2. The molecule has 3 aliphatic heterocycles. The summed E-state index contributed by atoms with van der Waals surface area (Å²) in [5.41, 5.74) is 1.59. The van der Waals surface area contributed by atoms with Gasteiger partial charge in [-0.15, -0.1) is 0 Å². The van der Waals surface area contributed by atoms with Crippen molar-refractivity contribution < 1.29 is 0 Å². The van der Waals surface area contributed by atoms with Crippen molar-refractivity contribution in [2.75, 3.05) is 33.2 Å². The van der Waals surface area contributed by atoms with E-state index in [1.54, 1.807) is 5.70 Å². The molecule has 2 bridgehead atoms. The fourth-order valence-electron chi connectivity index (χ4n) is 3.24. The largest absolute Gasteiger partial charge is 0.370 e. The molecular formula is C12H18N2. The van der Waals surface area contributed by atoms with E-state index in [0.717, 1.165) is 18.4 Å². The van der Waals surface area contributed by atoms with Crippen LogP contribution in [-0.4, -0.2) is 43.0 Å². The average molecular weight is 190 g/mol. The molecule has 3 aliphatic rings. The molecule has 2 heteroatoms. The highest BCUT2D eigenvalue weighted by atomic mass is 15.2. The van der Waals surface area contributed by atoms with Crippen LogP contribution in [0.15, 0.2) is 23.9 Å². The van der Waals surface area contributed by atoms with E-state index in [1.165, 1.54) is 26.1 Å². The molecule has 0 aromatic rings. The Morgan fingerprint density at radius 2 is 2.21 bits per heavy atom. The third kappa shape index (κ3) is 1.29. The van der Waals surface area contributed by atoms with Crippen LogP contribution in [0.3, 0.4) is 0 Å². The number of nitrogens with zero attached hydrogens (tertiary/aromatic N) is 2. The summed E-state index contributed by atoms with van der Waals surface area (Å²) < 4.78 is 0. The molecule has 2 fully saturated rings. The van der Waals surface area contributed by atoms with Gasteiger partial charge in [-0.3, -0.25) is 0 Å². The summed E-state index contributed by atoms with van der Waals surface area (Å²) in [6.07, 6.45) is 8.24. The lowest BCUT2D eigenvalue weighted by Gasteiger charge is -2.47. The number of fused-ring (bicyclic) bond motifs is 4. The van der Waals surface area contributed by atoms with Gasteiger partial charge in [0.2, 0.25) is 0 Å². The van der Waals surface area contributed by atoms with Crippen molar-refractivity contribution in [3.63, 3.8) is 0 Å². The molecule has 0 aromatic heterocycles. The van der Waals surface area contributed by atoms with Crippen LogP contribution in [0.25, 0.3) is 0 Å². The van der Waals surface area contributed by atoms with E-state index in [0.29, 0.717) is 0 Å². The van der Waals surface area contributed by atoms with Crippen molar-refractivity contribution in [2.45, 2.75) is 6.42 Å². The smallest absolute Gasteiger partial charge is 0.0359 e. The van der Waals surface area contributed by atoms with Gasteiger partial charge in [0.05, 0.1) is 0 Å². The van der Waals surface area contributed by atoms with Crippen LogP contribution in [0, 0.1) is 11.8 Å². The number of hydrogen-bond acceptors (Lipinski definition) is 2. The molecule has 0 aliphatic carbocycles. The first-order valence-electron chi connectivity index (χ1n) is 5.63. The maximum atomic E-state index is 2.58. The lowest BCUT2D eigenvalue weighted by Crippen LogP contribution is -2.50. The Balaban J connectivity index is 1.88. The van der Waals surface area contributed by atoms with Gasteiger partial charge in [0, 0.05) is 37.8 Å². The van der Waals surface area contributed by atoms with Gasteiger partial charge in [-0.25, -0.2) is 0 Å². The van der Waals surface area contributed by atoms with Gasteiger partial charge in [0.25, 0.3) is 0 Å². The first-order chi connectivity index (χ1) is 6.83. The summed E-state index contributed by atoms with van der Waals surface area (Å²) in [5.74, 6) is 1.71. The number of rotatable bonds is 0. The lowest BCUT2D eigenvalue weighted by atomic mass is 9.81. The Hall–Kier alpha value is -0.760. The summed E-state index contributed by atoms with van der Waals surface area (Å²) in [7, 11) is 2.26. The first kappa shape index (κ1) is 8.54. The lowest BCUT2D eigenvalue weighted by molar-refractivity contribution is 0.0853. The molecule has 2 saturated heterocycles. The van der Waals surface area contributed by atoms with Gasteiger partial charge in [0.1, 0.15) is 0 Å². The van der Waals surface area contributed by atoms with E-state index in [2.05, 4.69) is 35.1 Å². The highest BCUT2D eigenvalue weighted by Crippen LogP contribution is 2.35. The molecule has 2 unspecified atom stereocenters. The zero-order chi connectivity index (χ0) is 9.54. The molecule has 2 nitrogen and oxygen atoms in total. The molecule has 0 saturated carbocycles. The van der Waals surface area contributed by atoms with Gasteiger partial charge in [-0.2, -0.15) is 0 Å². The minimum atomic E-state index is 0.803. The summed E-state index contributed by atoms with van der Waals surface area (Å²) in [6, 6.07) is 0. The Morgan fingerprint density at radius 1 is 1.29 bits per heavy atom. The summed E-state index contributed by atoms with van der Waals surface area (Å²) in [6.45, 7) is 4.97. The van der Waals surface area contributed by atoms with E-state index in [9.17, 15) is 0 Å². The molecule has 14 heavy (non-hydrogen) atoms. The van der Waals surface area contributed by atoms with Crippen molar-refractivity contribution in [3.8, 4) is 0 Å². The van der Waals surface area contributed by atoms with Crippen molar-refractivity contribution >= 4 is 0 Å². The Kier molecular flexibility index (Phi) is 1.91. The zero-order valence-corrected chi connectivity index (χ0v) is 8.82. The minimum absolute atomic E-state index is 0.803. The predicted molar refractivity (Wildman–Crippen MR) is 57.9 cm³/mol. The fraction of sp³-hybridized carbons (Fsp3) is 0.667. The van der Waals surface area contributed by atoms with Crippen LogP contribution in [0.5, 0.6) is 0 Å². The molecule has 76 valence electrons. The normalized spacial score (nSPS) is 36.6. The second kappa shape index (κ2) is 3.13. The van der Waals surface area contributed by atoms with E-state index in [1.807, 2.05) is 0 Å². The summed E-state index contributed by atoms with van der Waals surface area (Å²) >= 11 is 0. The molecule has 0 radical (unpaired) electrons. The third-order valence-electron chi connectivity index (χ3n) is 3.71. The first-order valence-corrected chi connectivity index (χ1v) is 5.63. The fourth-order valence-corrected chi connectivity index (χ4v) is 3.24. The maximum absolute atomic E-state index is 2.58. The van der Waals surface area contributed by atoms with E-state index < -0.39 is 0 Å². The van der Waals surface area contributed by atoms with Crippen LogP contribution in [0.4, 0.5) is 0 Å². The number of likely N-dealkylation sites (tertiary alicyclic amines) is 1. The van der Waals surface area contributed by atoms with Gasteiger partial charge in [-0.1, -0.05) is 12.2 Å². The van der Waals surface area contributed by atoms with Crippen molar-refractivity contribution in [2.24, 2.45) is 11.8 Å². The van der Waals surface area contributed by atoms with Gasteiger partial charge in [-0.05, 0) is 25.5 Å². The van der Waals surface area contributed by atoms with Crippen LogP contribution in [-0.2, 0) is 0 Å². The van der Waals surface area contributed by atoms with Gasteiger partial charge in [0.15, 0.2) is 0 Å². The third-order valence-corrected chi connectivity index (χ3v) is 3.71. The molecule has 2 atom stereocenters. The van der Waals surface area contributed by atoms with E-state index >= 15 is 0 Å². The second-order valence-electron chi connectivity index (χ2n) is 4.94. The average Bonchev–Trinajstić information content (AvgIpc) is 2.17. The Labute approximate surface area is 85.9 Å². The highest BCUT2D eigenvalue weighted by molar-refractivity contribution is 5.23. The number of allylic oxidation sites excluding steroid dienone is 2. The molecule has 3 rings (SSSR count). The monoisotopic (exact) mass is 190 g/mol. The standard InChI is InChI=1S/C12H18N2/c1-13-7-10-6-11(9-13)12-4-2-3-5-14(12)8-10/h2-4,10-11H,5-9H2,1H3. The predicted octanol–water partition coefficient (Wildman–Crippen LogP) is 1.32.